The third kappa shape index (κ3) is 2.70. The normalized spacial score (nSPS) is 14.2. The maximum absolute atomic E-state index is 6.52. The Balaban J connectivity index is 1.75. The van der Waals surface area contributed by atoms with Crippen LogP contribution in [0, 0.1) is 0 Å². The van der Waals surface area contributed by atoms with Gasteiger partial charge in [0.05, 0.1) is 24.8 Å². The van der Waals surface area contributed by atoms with Crippen LogP contribution in [-0.4, -0.2) is 19.1 Å². The SMILES string of the molecule is CCCc1nc(-c2cncn2C2CC2)c(N)n1Cc1ccccc1. The van der Waals surface area contributed by atoms with Crippen LogP contribution >= 0.6 is 0 Å². The van der Waals surface area contributed by atoms with Gasteiger partial charge in [-0.2, -0.15) is 0 Å². The number of imidazole rings is 2. The third-order valence-corrected chi connectivity index (χ3v) is 4.59. The van der Waals surface area contributed by atoms with Gasteiger partial charge in [-0.05, 0) is 24.8 Å². The quantitative estimate of drug-likeness (QED) is 0.753. The maximum atomic E-state index is 6.52. The van der Waals surface area contributed by atoms with Crippen LogP contribution in [-0.2, 0) is 13.0 Å². The monoisotopic (exact) mass is 321 g/mol. The van der Waals surface area contributed by atoms with Gasteiger partial charge in [-0.25, -0.2) is 9.97 Å². The van der Waals surface area contributed by atoms with Gasteiger partial charge in [0.25, 0.3) is 0 Å². The van der Waals surface area contributed by atoms with Gasteiger partial charge in [-0.15, -0.1) is 0 Å². The third-order valence-electron chi connectivity index (χ3n) is 4.59. The molecule has 4 rings (SSSR count). The van der Waals surface area contributed by atoms with Crippen LogP contribution in [0.15, 0.2) is 42.9 Å². The van der Waals surface area contributed by atoms with Crippen LogP contribution in [0.5, 0.6) is 0 Å². The van der Waals surface area contributed by atoms with Crippen molar-refractivity contribution in [2.24, 2.45) is 0 Å². The molecule has 0 amide bonds. The maximum Gasteiger partial charge on any atom is 0.133 e. The summed E-state index contributed by atoms with van der Waals surface area (Å²) in [6.07, 6.45) is 8.20. The highest BCUT2D eigenvalue weighted by atomic mass is 15.2. The average molecular weight is 321 g/mol. The van der Waals surface area contributed by atoms with Crippen molar-refractivity contribution in [3.8, 4) is 11.4 Å². The summed E-state index contributed by atoms with van der Waals surface area (Å²) >= 11 is 0. The van der Waals surface area contributed by atoms with Crippen molar-refractivity contribution in [2.75, 3.05) is 5.73 Å². The van der Waals surface area contributed by atoms with Gasteiger partial charge < -0.3 is 14.9 Å². The zero-order chi connectivity index (χ0) is 16.5. The van der Waals surface area contributed by atoms with Gasteiger partial charge in [-0.1, -0.05) is 37.3 Å². The molecule has 0 saturated heterocycles. The fourth-order valence-electron chi connectivity index (χ4n) is 3.19. The molecular weight excluding hydrogens is 298 g/mol. The predicted octanol–water partition coefficient (Wildman–Crippen LogP) is 3.66. The molecule has 124 valence electrons. The summed E-state index contributed by atoms with van der Waals surface area (Å²) in [5, 5.41) is 0. The van der Waals surface area contributed by atoms with E-state index in [1.165, 1.54) is 18.4 Å². The Morgan fingerprint density at radius 3 is 2.71 bits per heavy atom. The number of rotatable bonds is 6. The minimum atomic E-state index is 0.566. The molecule has 1 aromatic carbocycles. The number of benzene rings is 1. The molecule has 3 aromatic rings. The average Bonchev–Trinajstić information content (AvgIpc) is 3.26. The van der Waals surface area contributed by atoms with Crippen molar-refractivity contribution in [3.63, 3.8) is 0 Å². The lowest BCUT2D eigenvalue weighted by Crippen LogP contribution is -2.08. The molecule has 0 spiro atoms. The molecular formula is C19H23N5. The molecule has 0 unspecified atom stereocenters. The van der Waals surface area contributed by atoms with Crippen molar-refractivity contribution in [1.82, 2.24) is 19.1 Å². The Kier molecular flexibility index (Phi) is 3.84. The number of nitrogens with zero attached hydrogens (tertiary/aromatic N) is 4. The molecule has 0 aliphatic heterocycles. The highest BCUT2D eigenvalue weighted by molar-refractivity contribution is 5.68. The minimum Gasteiger partial charge on any atom is -0.383 e. The van der Waals surface area contributed by atoms with E-state index in [2.05, 4.69) is 45.3 Å². The Labute approximate surface area is 142 Å². The van der Waals surface area contributed by atoms with Crippen LogP contribution in [0.25, 0.3) is 11.4 Å². The standard InChI is InChI=1S/C19H23N5/c1-2-6-17-22-18(16-11-21-13-24(16)15-9-10-15)19(20)23(17)12-14-7-4-3-5-8-14/h3-5,7-8,11,13,15H,2,6,9-10,12,20H2,1H3. The molecule has 2 heterocycles. The van der Waals surface area contributed by atoms with E-state index in [0.29, 0.717) is 6.04 Å². The number of nitrogens with two attached hydrogens (primary N) is 1. The van der Waals surface area contributed by atoms with Crippen molar-refractivity contribution in [3.05, 3.63) is 54.2 Å². The van der Waals surface area contributed by atoms with Crippen molar-refractivity contribution in [2.45, 2.75) is 45.2 Å². The van der Waals surface area contributed by atoms with E-state index < -0.39 is 0 Å². The van der Waals surface area contributed by atoms with Crippen LogP contribution in [0.4, 0.5) is 5.82 Å². The summed E-state index contributed by atoms with van der Waals surface area (Å²) in [6, 6.07) is 11.0. The van der Waals surface area contributed by atoms with E-state index in [9.17, 15) is 0 Å². The fourth-order valence-corrected chi connectivity index (χ4v) is 3.19. The lowest BCUT2D eigenvalue weighted by Gasteiger charge is -2.10. The first-order chi connectivity index (χ1) is 11.8. The van der Waals surface area contributed by atoms with E-state index >= 15 is 0 Å². The minimum absolute atomic E-state index is 0.566. The van der Waals surface area contributed by atoms with Gasteiger partial charge in [-0.3, -0.25) is 0 Å². The number of aromatic nitrogens is 4. The molecule has 1 aliphatic rings. The Morgan fingerprint density at radius 1 is 1.21 bits per heavy atom. The number of hydrogen-bond acceptors (Lipinski definition) is 3. The first-order valence-corrected chi connectivity index (χ1v) is 8.69. The van der Waals surface area contributed by atoms with Crippen molar-refractivity contribution >= 4 is 5.82 Å². The number of aryl methyl sites for hydroxylation is 1. The second-order valence-corrected chi connectivity index (χ2v) is 6.50. The molecule has 2 N–H and O–H groups in total. The zero-order valence-corrected chi connectivity index (χ0v) is 14.0. The lowest BCUT2D eigenvalue weighted by atomic mass is 10.2. The van der Waals surface area contributed by atoms with Gasteiger partial charge in [0.1, 0.15) is 17.3 Å². The Morgan fingerprint density at radius 2 is 2.00 bits per heavy atom. The van der Waals surface area contributed by atoms with Gasteiger partial charge in [0.15, 0.2) is 0 Å². The van der Waals surface area contributed by atoms with E-state index in [1.807, 2.05) is 18.6 Å². The molecule has 1 fully saturated rings. The predicted molar refractivity (Wildman–Crippen MR) is 95.7 cm³/mol. The van der Waals surface area contributed by atoms with Crippen LogP contribution in [0.3, 0.4) is 0 Å². The van der Waals surface area contributed by atoms with E-state index in [0.717, 1.165) is 42.4 Å². The van der Waals surface area contributed by atoms with E-state index in [4.69, 9.17) is 10.7 Å². The molecule has 5 nitrogen and oxygen atoms in total. The molecule has 24 heavy (non-hydrogen) atoms. The Hall–Kier alpha value is -2.56. The summed E-state index contributed by atoms with van der Waals surface area (Å²) in [4.78, 5) is 9.21. The smallest absolute Gasteiger partial charge is 0.133 e. The summed E-state index contributed by atoms with van der Waals surface area (Å²) in [5.74, 6) is 1.79. The van der Waals surface area contributed by atoms with Gasteiger partial charge in [0, 0.05) is 12.5 Å². The second-order valence-electron chi connectivity index (χ2n) is 6.50. The van der Waals surface area contributed by atoms with Crippen LogP contribution in [0.1, 0.15) is 43.6 Å². The van der Waals surface area contributed by atoms with Crippen molar-refractivity contribution in [1.29, 1.82) is 0 Å². The van der Waals surface area contributed by atoms with Crippen LogP contribution in [0.2, 0.25) is 0 Å². The first kappa shape index (κ1) is 15.0. The largest absolute Gasteiger partial charge is 0.383 e. The lowest BCUT2D eigenvalue weighted by molar-refractivity contribution is 0.712. The summed E-state index contributed by atoms with van der Waals surface area (Å²) in [7, 11) is 0. The topological polar surface area (TPSA) is 61.7 Å². The fraction of sp³-hybridized carbons (Fsp3) is 0.368. The molecule has 0 atom stereocenters. The molecule has 1 saturated carbocycles. The summed E-state index contributed by atoms with van der Waals surface area (Å²) in [5.41, 5.74) is 9.67. The summed E-state index contributed by atoms with van der Waals surface area (Å²) in [6.45, 7) is 2.93. The molecule has 1 aliphatic carbocycles. The Bertz CT molecular complexity index is 827. The first-order valence-electron chi connectivity index (χ1n) is 8.69. The van der Waals surface area contributed by atoms with Gasteiger partial charge >= 0.3 is 0 Å². The second kappa shape index (κ2) is 6.15. The van der Waals surface area contributed by atoms with E-state index in [-0.39, 0.29) is 0 Å². The number of anilines is 1. The molecule has 2 aromatic heterocycles. The highest BCUT2D eigenvalue weighted by Crippen LogP contribution is 2.39. The number of nitrogen functional groups attached to an aromatic ring is 1. The molecule has 0 radical (unpaired) electrons. The summed E-state index contributed by atoms with van der Waals surface area (Å²) < 4.78 is 4.37. The zero-order valence-electron chi connectivity index (χ0n) is 14.0. The number of hydrogen-bond donors (Lipinski definition) is 1. The van der Waals surface area contributed by atoms with E-state index in [1.54, 1.807) is 0 Å². The van der Waals surface area contributed by atoms with Crippen LogP contribution < -0.4 is 5.73 Å². The molecule has 5 heteroatoms. The molecule has 0 bridgehead atoms. The highest BCUT2D eigenvalue weighted by Gasteiger charge is 2.28. The van der Waals surface area contributed by atoms with Gasteiger partial charge in [0.2, 0.25) is 0 Å². The van der Waals surface area contributed by atoms with Crippen molar-refractivity contribution < 1.29 is 0 Å².